The summed E-state index contributed by atoms with van der Waals surface area (Å²) in [6.45, 7) is 0. The van der Waals surface area contributed by atoms with Gasteiger partial charge >= 0.3 is 0 Å². The predicted molar refractivity (Wildman–Crippen MR) is 105 cm³/mol. The number of rotatable bonds is 4. The Morgan fingerprint density at radius 1 is 0.778 bits per heavy atom. The number of benzene rings is 2. The molecular formula is C20H13BrN2O4. The summed E-state index contributed by atoms with van der Waals surface area (Å²) in [5.74, 6) is -0.824. The first-order chi connectivity index (χ1) is 13.1. The van der Waals surface area contributed by atoms with Crippen LogP contribution in [-0.2, 0) is 0 Å². The molecule has 0 aliphatic rings. The van der Waals surface area contributed by atoms with Crippen molar-refractivity contribution in [2.75, 3.05) is 10.6 Å². The highest BCUT2D eigenvalue weighted by atomic mass is 79.9. The number of hydrogen-bond acceptors (Lipinski definition) is 4. The third-order valence-corrected chi connectivity index (χ3v) is 4.30. The molecular weight excluding hydrogens is 412 g/mol. The number of para-hydroxylation sites is 2. The van der Waals surface area contributed by atoms with Crippen LogP contribution in [-0.4, -0.2) is 11.8 Å². The lowest BCUT2D eigenvalue weighted by Crippen LogP contribution is -2.16. The molecule has 4 rings (SSSR count). The van der Waals surface area contributed by atoms with Crippen LogP contribution in [0.2, 0.25) is 0 Å². The normalized spacial score (nSPS) is 10.7. The van der Waals surface area contributed by atoms with E-state index in [0.29, 0.717) is 21.3 Å². The Balaban J connectivity index is 1.71. The molecule has 0 atom stereocenters. The van der Waals surface area contributed by atoms with E-state index in [2.05, 4.69) is 26.6 Å². The van der Waals surface area contributed by atoms with Crippen molar-refractivity contribution in [1.29, 1.82) is 0 Å². The number of carbonyl (C=O) groups excluding carboxylic acids is 2. The molecule has 0 spiro atoms. The summed E-state index contributed by atoms with van der Waals surface area (Å²) >= 11 is 3.16. The number of amides is 2. The van der Waals surface area contributed by atoms with Crippen molar-refractivity contribution in [2.24, 2.45) is 0 Å². The van der Waals surface area contributed by atoms with Gasteiger partial charge in [0, 0.05) is 11.1 Å². The number of furan rings is 2. The van der Waals surface area contributed by atoms with E-state index < -0.39 is 11.8 Å². The van der Waals surface area contributed by atoms with Crippen LogP contribution < -0.4 is 10.6 Å². The highest BCUT2D eigenvalue weighted by molar-refractivity contribution is 9.10. The van der Waals surface area contributed by atoms with Gasteiger partial charge in [0.2, 0.25) is 5.76 Å². The van der Waals surface area contributed by atoms with Crippen LogP contribution in [0.4, 0.5) is 11.4 Å². The van der Waals surface area contributed by atoms with Crippen molar-refractivity contribution in [1.82, 2.24) is 0 Å². The molecule has 0 fully saturated rings. The summed E-state index contributed by atoms with van der Waals surface area (Å²) in [5.41, 5.74) is 1.40. The van der Waals surface area contributed by atoms with Crippen molar-refractivity contribution < 1.29 is 18.4 Å². The summed E-state index contributed by atoms with van der Waals surface area (Å²) in [7, 11) is 0. The Hall–Kier alpha value is -3.32. The molecule has 2 heterocycles. The van der Waals surface area contributed by atoms with Crippen molar-refractivity contribution in [3.8, 4) is 0 Å². The molecule has 7 heteroatoms. The van der Waals surface area contributed by atoms with Gasteiger partial charge in [-0.3, -0.25) is 9.59 Å². The van der Waals surface area contributed by atoms with Gasteiger partial charge in [0.05, 0.1) is 0 Å². The van der Waals surface area contributed by atoms with Crippen molar-refractivity contribution in [3.05, 3.63) is 82.9 Å². The summed E-state index contributed by atoms with van der Waals surface area (Å²) in [6.07, 6.45) is 0. The largest absolute Gasteiger partial charge is 0.449 e. The average molecular weight is 425 g/mol. The molecule has 0 saturated carbocycles. The second-order valence-electron chi connectivity index (χ2n) is 5.68. The number of hydrogen-bond donors (Lipinski definition) is 2. The molecule has 6 nitrogen and oxygen atoms in total. The van der Waals surface area contributed by atoms with E-state index in [9.17, 15) is 9.59 Å². The van der Waals surface area contributed by atoms with E-state index in [-0.39, 0.29) is 17.2 Å². The minimum Gasteiger partial charge on any atom is -0.449 e. The quantitative estimate of drug-likeness (QED) is 0.465. The molecule has 4 aromatic rings. The molecule has 2 amide bonds. The van der Waals surface area contributed by atoms with E-state index in [1.54, 1.807) is 42.5 Å². The lowest BCUT2D eigenvalue weighted by molar-refractivity contribution is 0.0995. The summed E-state index contributed by atoms with van der Waals surface area (Å²) in [6, 6.07) is 19.2. The summed E-state index contributed by atoms with van der Waals surface area (Å²) in [4.78, 5) is 25.2. The topological polar surface area (TPSA) is 84.5 Å². The van der Waals surface area contributed by atoms with Crippen LogP contribution in [0.25, 0.3) is 11.0 Å². The fourth-order valence-corrected chi connectivity index (χ4v) is 2.96. The molecule has 2 N–H and O–H groups in total. The number of anilines is 2. The minimum atomic E-state index is -0.485. The van der Waals surface area contributed by atoms with Gasteiger partial charge in [0.1, 0.15) is 11.3 Å². The molecule has 0 saturated heterocycles. The standard InChI is InChI=1S/C20H13BrN2O4/c21-16-11-10-15(26-16)19(24)23-17-13-8-4-5-9-14(13)27-18(17)20(25)22-12-6-2-1-3-7-12/h1-11H,(H,22,25)(H,23,24). The maximum Gasteiger partial charge on any atom is 0.293 e. The van der Waals surface area contributed by atoms with E-state index in [1.165, 1.54) is 6.07 Å². The first kappa shape index (κ1) is 17.1. The van der Waals surface area contributed by atoms with Gasteiger partial charge in [-0.25, -0.2) is 0 Å². The molecule has 0 unspecified atom stereocenters. The van der Waals surface area contributed by atoms with Crippen molar-refractivity contribution in [3.63, 3.8) is 0 Å². The SMILES string of the molecule is O=C(Nc1c(C(=O)Nc2ccccc2)oc2ccccc12)c1ccc(Br)o1. The molecule has 27 heavy (non-hydrogen) atoms. The number of halogens is 1. The molecule has 134 valence electrons. The maximum absolute atomic E-state index is 12.7. The number of nitrogens with one attached hydrogen (secondary N) is 2. The smallest absolute Gasteiger partial charge is 0.293 e. The summed E-state index contributed by atoms with van der Waals surface area (Å²) in [5, 5.41) is 6.10. The van der Waals surface area contributed by atoms with Gasteiger partial charge in [-0.15, -0.1) is 0 Å². The van der Waals surface area contributed by atoms with Gasteiger partial charge in [-0.2, -0.15) is 0 Å². The zero-order valence-corrected chi connectivity index (χ0v) is 15.4. The average Bonchev–Trinajstić information content (AvgIpc) is 3.27. The van der Waals surface area contributed by atoms with E-state index >= 15 is 0 Å². The maximum atomic E-state index is 12.7. The van der Waals surface area contributed by atoms with Gasteiger partial charge in [-0.05, 0) is 52.3 Å². The van der Waals surface area contributed by atoms with E-state index in [4.69, 9.17) is 8.83 Å². The van der Waals surface area contributed by atoms with Crippen molar-refractivity contribution >= 4 is 50.1 Å². The van der Waals surface area contributed by atoms with Gasteiger partial charge in [0.15, 0.2) is 10.4 Å². The zero-order chi connectivity index (χ0) is 18.8. The van der Waals surface area contributed by atoms with E-state index in [0.717, 1.165) is 0 Å². The van der Waals surface area contributed by atoms with Crippen LogP contribution in [0.5, 0.6) is 0 Å². The Morgan fingerprint density at radius 3 is 2.26 bits per heavy atom. The fourth-order valence-electron chi connectivity index (χ4n) is 2.65. The van der Waals surface area contributed by atoms with Crippen LogP contribution in [0.1, 0.15) is 21.1 Å². The molecule has 0 radical (unpaired) electrons. The number of fused-ring (bicyclic) bond motifs is 1. The number of carbonyl (C=O) groups is 2. The third-order valence-electron chi connectivity index (χ3n) is 3.87. The molecule has 0 bridgehead atoms. The van der Waals surface area contributed by atoms with Gasteiger partial charge in [-0.1, -0.05) is 30.3 Å². The third kappa shape index (κ3) is 3.50. The Bertz CT molecular complexity index is 1130. The minimum absolute atomic E-state index is 0.0130. The summed E-state index contributed by atoms with van der Waals surface area (Å²) < 4.78 is 11.4. The zero-order valence-electron chi connectivity index (χ0n) is 13.9. The van der Waals surface area contributed by atoms with Gasteiger partial charge in [0.25, 0.3) is 11.8 Å². The molecule has 0 aliphatic carbocycles. The highest BCUT2D eigenvalue weighted by Crippen LogP contribution is 2.32. The first-order valence-electron chi connectivity index (χ1n) is 8.06. The lowest BCUT2D eigenvalue weighted by Gasteiger charge is -2.06. The fraction of sp³-hybridized carbons (Fsp3) is 0. The lowest BCUT2D eigenvalue weighted by atomic mass is 10.2. The Kier molecular flexibility index (Phi) is 4.52. The highest BCUT2D eigenvalue weighted by Gasteiger charge is 2.23. The molecule has 2 aromatic heterocycles. The Labute approximate surface area is 162 Å². The van der Waals surface area contributed by atoms with Gasteiger partial charge < -0.3 is 19.5 Å². The predicted octanol–water partition coefficient (Wildman–Crippen LogP) is 5.29. The van der Waals surface area contributed by atoms with Crippen LogP contribution in [0, 0.1) is 0 Å². The Morgan fingerprint density at radius 2 is 1.52 bits per heavy atom. The first-order valence-corrected chi connectivity index (χ1v) is 8.86. The van der Waals surface area contributed by atoms with Crippen LogP contribution in [0.3, 0.4) is 0 Å². The van der Waals surface area contributed by atoms with Crippen LogP contribution in [0.15, 0.2) is 80.2 Å². The van der Waals surface area contributed by atoms with Crippen molar-refractivity contribution in [2.45, 2.75) is 0 Å². The van der Waals surface area contributed by atoms with Crippen LogP contribution >= 0.6 is 15.9 Å². The monoisotopic (exact) mass is 424 g/mol. The van der Waals surface area contributed by atoms with E-state index in [1.807, 2.05) is 18.2 Å². The molecule has 2 aromatic carbocycles. The molecule has 0 aliphatic heterocycles. The second kappa shape index (κ2) is 7.13. The second-order valence-corrected chi connectivity index (χ2v) is 6.46.